The molecule has 2 aromatic carbocycles. The molecule has 0 spiro atoms. The van der Waals surface area contributed by atoms with Crippen molar-refractivity contribution in [3.63, 3.8) is 0 Å². The Labute approximate surface area is 196 Å². The zero-order valence-electron chi connectivity index (χ0n) is 18.5. The maximum Gasteiger partial charge on any atom is 0.341 e. The molecule has 10 nitrogen and oxygen atoms in total. The molecule has 0 saturated heterocycles. The van der Waals surface area contributed by atoms with Crippen molar-refractivity contribution in [3.8, 4) is 5.75 Å². The van der Waals surface area contributed by atoms with Gasteiger partial charge in [-0.2, -0.15) is 5.10 Å². The molecule has 1 fully saturated rings. The van der Waals surface area contributed by atoms with Gasteiger partial charge in [0.1, 0.15) is 5.75 Å². The van der Waals surface area contributed by atoms with E-state index >= 15 is 0 Å². The number of hydrazone groups is 1. The summed E-state index contributed by atoms with van der Waals surface area (Å²) in [6, 6.07) is 12.9. The van der Waals surface area contributed by atoms with E-state index in [1.165, 1.54) is 12.6 Å². The summed E-state index contributed by atoms with van der Waals surface area (Å²) >= 11 is 0. The molecule has 0 radical (unpaired) electrons. The van der Waals surface area contributed by atoms with Crippen LogP contribution in [0.2, 0.25) is 0 Å². The third-order valence-corrected chi connectivity index (χ3v) is 5.19. The molecule has 0 bridgehead atoms. The van der Waals surface area contributed by atoms with E-state index in [-0.39, 0.29) is 23.2 Å². The Morgan fingerprint density at radius 3 is 2.38 bits per heavy atom. The first kappa shape index (κ1) is 24.4. The second kappa shape index (κ2) is 12.1. The Balaban J connectivity index is 1.53. The fourth-order valence-electron chi connectivity index (χ4n) is 3.49. The molecule has 1 aliphatic carbocycles. The number of nitrogens with one attached hydrogen (secondary N) is 3. The molecule has 0 atom stereocenters. The van der Waals surface area contributed by atoms with Crippen molar-refractivity contribution in [3.05, 3.63) is 59.7 Å². The number of aliphatic carboxylic acids is 1. The van der Waals surface area contributed by atoms with Crippen LogP contribution in [-0.2, 0) is 14.4 Å². The summed E-state index contributed by atoms with van der Waals surface area (Å²) in [5.74, 6) is -2.97. The van der Waals surface area contributed by atoms with Gasteiger partial charge in [-0.05, 0) is 54.8 Å². The summed E-state index contributed by atoms with van der Waals surface area (Å²) in [5.41, 5.74) is 3.23. The number of carbonyl (C=O) groups excluding carboxylic acids is 3. The summed E-state index contributed by atoms with van der Waals surface area (Å²) in [6.45, 7) is -0.454. The van der Waals surface area contributed by atoms with Crippen LogP contribution >= 0.6 is 0 Å². The Hall–Kier alpha value is -4.21. The number of ether oxygens (including phenoxy) is 1. The van der Waals surface area contributed by atoms with Crippen LogP contribution in [0.25, 0.3) is 0 Å². The molecule has 2 aromatic rings. The lowest BCUT2D eigenvalue weighted by Gasteiger charge is -2.23. The van der Waals surface area contributed by atoms with Crippen molar-refractivity contribution in [2.45, 2.75) is 38.1 Å². The number of carbonyl (C=O) groups is 4. The zero-order chi connectivity index (χ0) is 24.3. The van der Waals surface area contributed by atoms with Gasteiger partial charge in [0.2, 0.25) is 0 Å². The van der Waals surface area contributed by atoms with Crippen LogP contribution in [0, 0.1) is 0 Å². The van der Waals surface area contributed by atoms with E-state index in [0.29, 0.717) is 11.3 Å². The van der Waals surface area contributed by atoms with Crippen LogP contribution in [0.1, 0.15) is 48.0 Å². The van der Waals surface area contributed by atoms with Crippen molar-refractivity contribution in [1.82, 2.24) is 10.7 Å². The number of para-hydroxylation sites is 1. The van der Waals surface area contributed by atoms with E-state index < -0.39 is 24.4 Å². The monoisotopic (exact) mass is 466 g/mol. The van der Waals surface area contributed by atoms with Gasteiger partial charge in [-0.1, -0.05) is 31.4 Å². The van der Waals surface area contributed by atoms with Gasteiger partial charge in [0, 0.05) is 6.04 Å². The van der Waals surface area contributed by atoms with Gasteiger partial charge in [0.15, 0.2) is 6.61 Å². The lowest BCUT2D eigenvalue weighted by Crippen LogP contribution is -2.37. The van der Waals surface area contributed by atoms with Gasteiger partial charge in [-0.15, -0.1) is 0 Å². The largest absolute Gasteiger partial charge is 0.482 e. The molecule has 4 N–H and O–H groups in total. The molecule has 3 amide bonds. The first-order valence-electron chi connectivity index (χ1n) is 10.9. The number of hydrogen-bond donors (Lipinski definition) is 4. The van der Waals surface area contributed by atoms with Gasteiger partial charge >= 0.3 is 17.8 Å². The van der Waals surface area contributed by atoms with Crippen molar-refractivity contribution in [2.75, 3.05) is 11.9 Å². The molecule has 3 rings (SSSR count). The van der Waals surface area contributed by atoms with Crippen LogP contribution in [0.15, 0.2) is 53.6 Å². The summed E-state index contributed by atoms with van der Waals surface area (Å²) in [4.78, 5) is 47.6. The molecule has 34 heavy (non-hydrogen) atoms. The summed E-state index contributed by atoms with van der Waals surface area (Å²) < 4.78 is 5.03. The highest BCUT2D eigenvalue weighted by atomic mass is 16.5. The third kappa shape index (κ3) is 7.44. The molecule has 1 aliphatic rings. The van der Waals surface area contributed by atoms with Gasteiger partial charge in [-0.25, -0.2) is 10.2 Å². The Morgan fingerprint density at radius 1 is 0.971 bits per heavy atom. The maximum atomic E-state index is 12.7. The standard InChI is InChI=1S/C24H26N4O6/c29-21(30)15-34-18-12-10-16(11-13-18)14-25-28-24(33)23(32)27-20-9-5-4-8-19(20)22(31)26-17-6-2-1-3-7-17/h4-5,8-14,17H,1-3,6-7,15H2,(H,26,31)(H,27,32)(H,28,33)(H,29,30). The fraction of sp³-hybridized carbons (Fsp3) is 0.292. The van der Waals surface area contributed by atoms with E-state index in [4.69, 9.17) is 9.84 Å². The molecule has 0 aliphatic heterocycles. The molecule has 0 heterocycles. The van der Waals surface area contributed by atoms with E-state index in [0.717, 1.165) is 25.7 Å². The van der Waals surface area contributed by atoms with Crippen molar-refractivity contribution in [1.29, 1.82) is 0 Å². The zero-order valence-corrected chi connectivity index (χ0v) is 18.5. The second-order valence-electron chi connectivity index (χ2n) is 7.76. The number of hydrogen-bond acceptors (Lipinski definition) is 6. The van der Waals surface area contributed by atoms with E-state index in [1.54, 1.807) is 48.5 Å². The first-order chi connectivity index (χ1) is 16.4. The van der Waals surface area contributed by atoms with Crippen molar-refractivity contribution in [2.24, 2.45) is 5.10 Å². The van der Waals surface area contributed by atoms with Gasteiger partial charge < -0.3 is 20.5 Å². The SMILES string of the molecule is O=C(O)COc1ccc(C=NNC(=O)C(=O)Nc2ccccc2C(=O)NC2CCCCC2)cc1. The highest BCUT2D eigenvalue weighted by molar-refractivity contribution is 6.40. The molecule has 178 valence electrons. The smallest absolute Gasteiger partial charge is 0.341 e. The highest BCUT2D eigenvalue weighted by Gasteiger charge is 2.20. The minimum Gasteiger partial charge on any atom is -0.482 e. The van der Waals surface area contributed by atoms with E-state index in [2.05, 4.69) is 21.2 Å². The van der Waals surface area contributed by atoms with Crippen LogP contribution < -0.4 is 20.8 Å². The number of benzene rings is 2. The van der Waals surface area contributed by atoms with E-state index in [9.17, 15) is 19.2 Å². The lowest BCUT2D eigenvalue weighted by atomic mass is 9.95. The number of amides is 3. The maximum absolute atomic E-state index is 12.7. The van der Waals surface area contributed by atoms with Crippen LogP contribution in [0.5, 0.6) is 5.75 Å². The topological polar surface area (TPSA) is 146 Å². The minimum atomic E-state index is -1.08. The predicted molar refractivity (Wildman–Crippen MR) is 125 cm³/mol. The average molecular weight is 466 g/mol. The van der Waals surface area contributed by atoms with Gasteiger partial charge in [0.05, 0.1) is 17.5 Å². The predicted octanol–water partition coefficient (Wildman–Crippen LogP) is 2.30. The number of nitrogens with zero attached hydrogens (tertiary/aromatic N) is 1. The number of anilines is 1. The molecule has 1 saturated carbocycles. The molecule has 0 unspecified atom stereocenters. The van der Waals surface area contributed by atoms with Gasteiger partial charge in [0.25, 0.3) is 5.91 Å². The number of rotatable bonds is 8. The van der Waals surface area contributed by atoms with Crippen LogP contribution in [0.4, 0.5) is 5.69 Å². The quantitative estimate of drug-likeness (QED) is 0.267. The Morgan fingerprint density at radius 2 is 1.68 bits per heavy atom. The van der Waals surface area contributed by atoms with Crippen LogP contribution in [-0.4, -0.2) is 47.7 Å². The van der Waals surface area contributed by atoms with Crippen LogP contribution in [0.3, 0.4) is 0 Å². The Bertz CT molecular complexity index is 1060. The number of carboxylic acid groups (broad SMARTS) is 1. The van der Waals surface area contributed by atoms with Gasteiger partial charge in [-0.3, -0.25) is 14.4 Å². The van der Waals surface area contributed by atoms with Crippen molar-refractivity contribution < 1.29 is 29.0 Å². The number of carboxylic acids is 1. The average Bonchev–Trinajstić information content (AvgIpc) is 2.84. The lowest BCUT2D eigenvalue weighted by molar-refractivity contribution is -0.139. The van der Waals surface area contributed by atoms with Crippen molar-refractivity contribution >= 4 is 35.6 Å². The summed E-state index contributed by atoms with van der Waals surface area (Å²) in [6.07, 6.45) is 6.50. The third-order valence-electron chi connectivity index (χ3n) is 5.19. The molecule has 0 aromatic heterocycles. The summed E-state index contributed by atoms with van der Waals surface area (Å²) in [7, 11) is 0. The molecule has 10 heteroatoms. The normalized spacial score (nSPS) is 13.8. The molecular formula is C24H26N4O6. The Kier molecular flexibility index (Phi) is 8.73. The summed E-state index contributed by atoms with van der Waals surface area (Å²) in [5, 5.41) is 17.8. The highest BCUT2D eigenvalue weighted by Crippen LogP contribution is 2.20. The molecular weight excluding hydrogens is 440 g/mol. The fourth-order valence-corrected chi connectivity index (χ4v) is 3.49. The van der Waals surface area contributed by atoms with E-state index in [1.807, 2.05) is 0 Å². The first-order valence-corrected chi connectivity index (χ1v) is 10.9. The second-order valence-corrected chi connectivity index (χ2v) is 7.76. The minimum absolute atomic E-state index is 0.112.